The van der Waals surface area contributed by atoms with Crippen LogP contribution in [0, 0.1) is 23.0 Å². The minimum atomic E-state index is -4.02. The highest BCUT2D eigenvalue weighted by molar-refractivity contribution is 7.90. The van der Waals surface area contributed by atoms with Crippen molar-refractivity contribution >= 4 is 50.0 Å². The number of fused-ring (bicyclic) bond motifs is 1. The van der Waals surface area contributed by atoms with Crippen molar-refractivity contribution in [3.05, 3.63) is 82.4 Å². The van der Waals surface area contributed by atoms with Gasteiger partial charge in [0, 0.05) is 57.9 Å². The van der Waals surface area contributed by atoms with E-state index in [1.807, 2.05) is 11.0 Å². The lowest BCUT2D eigenvalue weighted by Gasteiger charge is -2.45. The summed E-state index contributed by atoms with van der Waals surface area (Å²) in [7, 11) is -2.66. The largest absolute Gasteiger partial charge is 0.453 e. The molecule has 1 saturated carbocycles. The lowest BCUT2D eigenvalue weighted by Crippen LogP contribution is -2.52. The summed E-state index contributed by atoms with van der Waals surface area (Å²) in [5, 5.41) is 15.5. The van der Waals surface area contributed by atoms with Crippen molar-refractivity contribution in [1.29, 1.82) is 5.26 Å². The molecule has 4 heterocycles. The van der Waals surface area contributed by atoms with Gasteiger partial charge in [-0.1, -0.05) is 6.92 Å². The molecule has 2 amide bonds. The van der Waals surface area contributed by atoms with E-state index in [0.717, 1.165) is 55.2 Å². The number of benzene rings is 3. The molecule has 3 N–H and O–H groups in total. The zero-order valence-corrected chi connectivity index (χ0v) is 34.6. The first-order chi connectivity index (χ1) is 29.3. The lowest BCUT2D eigenvalue weighted by atomic mass is 9.79. The summed E-state index contributed by atoms with van der Waals surface area (Å²) < 4.78 is 73.0. The Morgan fingerprint density at radius 3 is 2.49 bits per heavy atom. The Labute approximate surface area is 351 Å². The second-order valence-electron chi connectivity index (χ2n) is 16.1. The highest BCUT2D eigenvalue weighted by Gasteiger charge is 2.45. The zero-order chi connectivity index (χ0) is 43.1. The predicted octanol–water partition coefficient (Wildman–Crippen LogP) is 4.63. The number of piperazine rings is 1. The first-order valence-corrected chi connectivity index (χ1v) is 21.9. The second kappa shape index (κ2) is 17.0. The van der Waals surface area contributed by atoms with Crippen LogP contribution in [0.4, 0.5) is 25.8 Å². The molecule has 4 aliphatic rings. The maximum Gasteiger partial charge on any atom is 0.301 e. The van der Waals surface area contributed by atoms with Gasteiger partial charge in [0.1, 0.15) is 29.2 Å². The Bertz CT molecular complexity index is 2570. The van der Waals surface area contributed by atoms with E-state index in [-0.39, 0.29) is 64.3 Å². The average molecular weight is 860 g/mol. The van der Waals surface area contributed by atoms with Crippen LogP contribution < -0.4 is 30.6 Å². The van der Waals surface area contributed by atoms with Crippen LogP contribution in [0.15, 0.2) is 59.7 Å². The fourth-order valence-corrected chi connectivity index (χ4v) is 9.79. The SMILES string of the molecule is CCN(C)S(=O)(=O)Nc1ccc(F)c(Oc2ccc3ncn([C@H]4COC5(CCC(N6CCN(c7ccc(NC8CCC(=O)NC8=O)cc7F)CC6)CC5)C4)c(=O)c3c2)c1C#N. The van der Waals surface area contributed by atoms with E-state index in [1.54, 1.807) is 29.7 Å². The smallest absolute Gasteiger partial charge is 0.301 e. The van der Waals surface area contributed by atoms with Crippen molar-refractivity contribution in [2.45, 2.75) is 75.6 Å². The van der Waals surface area contributed by atoms with Gasteiger partial charge in [-0.3, -0.25) is 33.9 Å². The Morgan fingerprint density at radius 2 is 1.79 bits per heavy atom. The predicted molar refractivity (Wildman–Crippen MR) is 223 cm³/mol. The van der Waals surface area contributed by atoms with Crippen molar-refractivity contribution in [3.63, 3.8) is 0 Å². The number of nitrogens with one attached hydrogen (secondary N) is 3. The van der Waals surface area contributed by atoms with E-state index in [2.05, 4.69) is 25.2 Å². The van der Waals surface area contributed by atoms with Gasteiger partial charge in [-0.05, 0) is 87.1 Å². The van der Waals surface area contributed by atoms with Gasteiger partial charge in [0.2, 0.25) is 11.8 Å². The fraction of sp³-hybridized carbons (Fsp3) is 0.452. The van der Waals surface area contributed by atoms with Crippen LogP contribution in [0.25, 0.3) is 10.9 Å². The number of rotatable bonds is 11. The number of hydrogen-bond donors (Lipinski definition) is 3. The van der Waals surface area contributed by atoms with Gasteiger partial charge in [0.15, 0.2) is 11.6 Å². The van der Waals surface area contributed by atoms with Gasteiger partial charge in [0.25, 0.3) is 5.56 Å². The fourth-order valence-electron chi connectivity index (χ4n) is 8.85. The third-order valence-electron chi connectivity index (χ3n) is 12.4. The molecule has 2 atom stereocenters. The molecule has 0 radical (unpaired) electrons. The Hall–Kier alpha value is -5.68. The van der Waals surface area contributed by atoms with Crippen LogP contribution >= 0.6 is 0 Å². The zero-order valence-electron chi connectivity index (χ0n) is 33.8. The third-order valence-corrected chi connectivity index (χ3v) is 14.0. The van der Waals surface area contributed by atoms with Crippen molar-refractivity contribution in [2.24, 2.45) is 0 Å². The number of nitriles is 1. The number of nitrogens with zero attached hydrogens (tertiary/aromatic N) is 6. The summed E-state index contributed by atoms with van der Waals surface area (Å²) in [4.78, 5) is 46.6. The Balaban J connectivity index is 0.878. The average Bonchev–Trinajstić information content (AvgIpc) is 3.66. The molecule has 0 bridgehead atoms. The number of aromatic nitrogens is 2. The molecule has 3 saturated heterocycles. The summed E-state index contributed by atoms with van der Waals surface area (Å²) in [6.45, 7) is 5.05. The summed E-state index contributed by atoms with van der Waals surface area (Å²) >= 11 is 0. The molecule has 4 fully saturated rings. The van der Waals surface area contributed by atoms with Crippen LogP contribution in [0.3, 0.4) is 0 Å². The number of amides is 2. The molecule has 61 heavy (non-hydrogen) atoms. The summed E-state index contributed by atoms with van der Waals surface area (Å²) in [6.07, 6.45) is 6.25. The molecule has 1 spiro atoms. The molecule has 1 aromatic heterocycles. The van der Waals surface area contributed by atoms with Gasteiger partial charge in [-0.25, -0.2) is 13.8 Å². The Morgan fingerprint density at radius 1 is 1.02 bits per heavy atom. The van der Waals surface area contributed by atoms with Crippen molar-refractivity contribution in [3.8, 4) is 17.6 Å². The molecule has 8 rings (SSSR count). The van der Waals surface area contributed by atoms with Crippen molar-refractivity contribution < 1.29 is 36.3 Å². The molecule has 1 unspecified atom stereocenters. The maximum atomic E-state index is 15.3. The number of ether oxygens (including phenoxy) is 2. The number of carbonyl (C=O) groups is 2. The normalized spacial score (nSPS) is 23.6. The number of hydrogen-bond acceptors (Lipinski definition) is 12. The topological polar surface area (TPSA) is 191 Å². The molecule has 19 heteroatoms. The van der Waals surface area contributed by atoms with Crippen molar-refractivity contribution in [1.82, 2.24) is 24.1 Å². The van der Waals surface area contributed by atoms with Crippen LogP contribution in [-0.2, 0) is 24.5 Å². The van der Waals surface area contributed by atoms with Crippen LogP contribution in [0.1, 0.15) is 63.5 Å². The first kappa shape index (κ1) is 42.0. The van der Waals surface area contributed by atoms with E-state index < -0.39 is 33.7 Å². The van der Waals surface area contributed by atoms with E-state index in [4.69, 9.17) is 9.47 Å². The van der Waals surface area contributed by atoms with Gasteiger partial charge in [-0.15, -0.1) is 0 Å². The lowest BCUT2D eigenvalue weighted by molar-refractivity contribution is -0.133. The highest BCUT2D eigenvalue weighted by Crippen LogP contribution is 2.44. The number of imide groups is 1. The second-order valence-corrected chi connectivity index (χ2v) is 17.9. The van der Waals surface area contributed by atoms with Gasteiger partial charge < -0.3 is 19.7 Å². The van der Waals surface area contributed by atoms with Gasteiger partial charge in [-0.2, -0.15) is 18.0 Å². The number of piperidine rings is 1. The first-order valence-electron chi connectivity index (χ1n) is 20.4. The summed E-state index contributed by atoms with van der Waals surface area (Å²) in [6, 6.07) is 12.9. The van der Waals surface area contributed by atoms with E-state index in [1.165, 1.54) is 31.6 Å². The number of halogens is 2. The van der Waals surface area contributed by atoms with Crippen LogP contribution in [0.2, 0.25) is 0 Å². The van der Waals surface area contributed by atoms with Crippen LogP contribution in [-0.4, -0.2) is 103 Å². The third kappa shape index (κ3) is 8.62. The monoisotopic (exact) mass is 859 g/mol. The highest BCUT2D eigenvalue weighted by atomic mass is 32.2. The molecule has 3 aromatic carbocycles. The van der Waals surface area contributed by atoms with Gasteiger partial charge in [0.05, 0.1) is 46.9 Å². The minimum absolute atomic E-state index is 0.0610. The molecular formula is C42H47F2N9O7S. The van der Waals surface area contributed by atoms with E-state index in [0.29, 0.717) is 55.5 Å². The number of carbonyl (C=O) groups excluding carboxylic acids is 2. The van der Waals surface area contributed by atoms with Gasteiger partial charge >= 0.3 is 10.2 Å². The summed E-state index contributed by atoms with van der Waals surface area (Å²) in [5.41, 5.74) is 0.182. The Kier molecular flexibility index (Phi) is 11.7. The van der Waals surface area contributed by atoms with Crippen molar-refractivity contribution in [2.75, 3.05) is 61.3 Å². The van der Waals surface area contributed by atoms with E-state index in [9.17, 15) is 28.1 Å². The molecular weight excluding hydrogens is 813 g/mol. The number of anilines is 3. The molecule has 1 aliphatic carbocycles. The standard InChI is InChI=1S/C42H47F2N9O7S/c1-3-50(2)61(57,58)49-35-8-6-32(43)39(31(35)23-45)60-29-5-7-34-30(21-29)41(56)53(25-46-34)28-22-42(59-24-28)14-12-27(13-15-42)51-16-18-52(19-17-51)37-10-4-26(20-33(37)44)47-36-9-11-38(54)48-40(36)55/h4-8,10,20-21,25,27-28,36,47,49H,3,9,11-19,22,24H2,1-2H3,(H,48,54,55)/t27?,28-,36?,42?/m1/s1. The van der Waals surface area contributed by atoms with E-state index >= 15 is 8.78 Å². The maximum absolute atomic E-state index is 15.3. The molecule has 3 aliphatic heterocycles. The molecule has 4 aromatic rings. The quantitative estimate of drug-likeness (QED) is 0.178. The van der Waals surface area contributed by atoms with Crippen LogP contribution in [0.5, 0.6) is 11.5 Å². The minimum Gasteiger partial charge on any atom is -0.453 e. The summed E-state index contributed by atoms with van der Waals surface area (Å²) in [5.74, 6) is -2.40. The molecule has 16 nitrogen and oxygen atoms in total. The molecule has 322 valence electrons.